The molecule has 24 heavy (non-hydrogen) atoms. The Labute approximate surface area is 144 Å². The summed E-state index contributed by atoms with van der Waals surface area (Å²) >= 11 is 6.04. The lowest BCUT2D eigenvalue weighted by Crippen LogP contribution is -2.40. The van der Waals surface area contributed by atoms with Gasteiger partial charge in [0.15, 0.2) is 0 Å². The Morgan fingerprint density at radius 3 is 2.12 bits per heavy atom. The second-order valence-corrected chi connectivity index (χ2v) is 5.85. The van der Waals surface area contributed by atoms with Crippen molar-refractivity contribution >= 4 is 23.0 Å². The van der Waals surface area contributed by atoms with Gasteiger partial charge in [-0.3, -0.25) is 9.59 Å². The predicted octanol–water partition coefficient (Wildman–Crippen LogP) is 3.84. The minimum absolute atomic E-state index is 0.0152. The van der Waals surface area contributed by atoms with Crippen molar-refractivity contribution in [2.24, 2.45) is 0 Å². The summed E-state index contributed by atoms with van der Waals surface area (Å²) in [6.07, 6.45) is 0. The lowest BCUT2D eigenvalue weighted by Gasteiger charge is -2.32. The average molecular weight is 342 g/mol. The van der Waals surface area contributed by atoms with E-state index in [1.54, 1.807) is 24.1 Å². The van der Waals surface area contributed by atoms with Gasteiger partial charge in [0.1, 0.15) is 16.5 Å². The standard InChI is InChI=1S/C19H16ClNO3/c1-12(13-6-4-3-5-7-13)21(17-16(20)18(22)19(17)23)14-8-10-15(24-2)11-9-14/h3-12H,1-2H3. The van der Waals surface area contributed by atoms with Crippen LogP contribution in [-0.4, -0.2) is 7.11 Å². The van der Waals surface area contributed by atoms with Crippen LogP contribution < -0.4 is 20.5 Å². The second kappa shape index (κ2) is 6.49. The van der Waals surface area contributed by atoms with Gasteiger partial charge >= 0.3 is 0 Å². The molecule has 0 aliphatic rings. The molecule has 0 saturated heterocycles. The molecule has 0 aliphatic heterocycles. The van der Waals surface area contributed by atoms with E-state index in [1.807, 2.05) is 49.4 Å². The number of methoxy groups -OCH3 is 1. The van der Waals surface area contributed by atoms with Crippen LogP contribution in [0.2, 0.25) is 5.02 Å². The van der Waals surface area contributed by atoms with Gasteiger partial charge in [0.2, 0.25) is 5.43 Å². The largest absolute Gasteiger partial charge is 0.497 e. The maximum absolute atomic E-state index is 12.1. The molecule has 4 nitrogen and oxygen atoms in total. The van der Waals surface area contributed by atoms with E-state index >= 15 is 0 Å². The van der Waals surface area contributed by atoms with Crippen LogP contribution in [-0.2, 0) is 0 Å². The first-order valence-electron chi connectivity index (χ1n) is 7.51. The summed E-state index contributed by atoms with van der Waals surface area (Å²) in [5.74, 6) is 0.710. The first-order chi connectivity index (χ1) is 11.5. The maximum atomic E-state index is 12.1. The smallest absolute Gasteiger partial charge is 0.252 e. The molecule has 1 unspecified atom stereocenters. The van der Waals surface area contributed by atoms with E-state index in [4.69, 9.17) is 16.3 Å². The molecule has 5 heteroatoms. The van der Waals surface area contributed by atoms with Crippen molar-refractivity contribution in [2.45, 2.75) is 13.0 Å². The Hall–Kier alpha value is -2.59. The van der Waals surface area contributed by atoms with E-state index in [-0.39, 0.29) is 16.8 Å². The minimum atomic E-state index is -0.634. The van der Waals surface area contributed by atoms with Crippen molar-refractivity contribution in [3.05, 3.63) is 85.6 Å². The van der Waals surface area contributed by atoms with Crippen LogP contribution >= 0.6 is 11.6 Å². The maximum Gasteiger partial charge on any atom is 0.252 e. The lowest BCUT2D eigenvalue weighted by molar-refractivity contribution is 0.415. The van der Waals surface area contributed by atoms with Crippen LogP contribution in [0.5, 0.6) is 5.75 Å². The van der Waals surface area contributed by atoms with Gasteiger partial charge in [-0.05, 0) is 36.8 Å². The highest BCUT2D eigenvalue weighted by Gasteiger charge is 2.29. The molecule has 0 bridgehead atoms. The number of hydrogen-bond acceptors (Lipinski definition) is 4. The number of rotatable bonds is 5. The second-order valence-electron chi connectivity index (χ2n) is 5.48. The fraction of sp³-hybridized carbons (Fsp3) is 0.158. The summed E-state index contributed by atoms with van der Waals surface area (Å²) in [7, 11) is 1.59. The number of anilines is 2. The van der Waals surface area contributed by atoms with Crippen molar-refractivity contribution in [3.63, 3.8) is 0 Å². The molecule has 0 fully saturated rings. The highest BCUT2D eigenvalue weighted by atomic mass is 35.5. The highest BCUT2D eigenvalue weighted by Crippen LogP contribution is 2.37. The number of ether oxygens (including phenoxy) is 1. The third-order valence-electron chi connectivity index (χ3n) is 4.09. The zero-order chi connectivity index (χ0) is 17.3. The van der Waals surface area contributed by atoms with Crippen LogP contribution in [0.4, 0.5) is 11.4 Å². The number of benzene rings is 2. The van der Waals surface area contributed by atoms with E-state index in [9.17, 15) is 9.59 Å². The third-order valence-corrected chi connectivity index (χ3v) is 4.44. The van der Waals surface area contributed by atoms with Crippen LogP contribution in [0.3, 0.4) is 0 Å². The zero-order valence-electron chi connectivity index (χ0n) is 13.3. The molecule has 0 spiro atoms. The van der Waals surface area contributed by atoms with Crippen LogP contribution in [0.25, 0.3) is 0 Å². The van der Waals surface area contributed by atoms with Crippen molar-refractivity contribution < 1.29 is 4.74 Å². The van der Waals surface area contributed by atoms with Gasteiger partial charge < -0.3 is 9.64 Å². The quantitative estimate of drug-likeness (QED) is 0.661. The van der Waals surface area contributed by atoms with E-state index in [0.717, 1.165) is 11.3 Å². The predicted molar refractivity (Wildman–Crippen MR) is 96.4 cm³/mol. The number of halogens is 1. The van der Waals surface area contributed by atoms with Gasteiger partial charge in [-0.2, -0.15) is 0 Å². The summed E-state index contributed by atoms with van der Waals surface area (Å²) in [6.45, 7) is 1.97. The Morgan fingerprint density at radius 1 is 0.958 bits per heavy atom. The average Bonchev–Trinajstić information content (AvgIpc) is 2.65. The molecule has 0 heterocycles. The fourth-order valence-electron chi connectivity index (χ4n) is 2.74. The zero-order valence-corrected chi connectivity index (χ0v) is 14.1. The van der Waals surface area contributed by atoms with Gasteiger partial charge in [0.25, 0.3) is 5.43 Å². The monoisotopic (exact) mass is 341 g/mol. The summed E-state index contributed by atoms with van der Waals surface area (Å²) < 4.78 is 5.18. The SMILES string of the molecule is COc1ccc(N(c2c(Cl)c(=O)c2=O)C(C)c2ccccc2)cc1. The van der Waals surface area contributed by atoms with Crippen LogP contribution in [0.1, 0.15) is 18.5 Å². The molecular formula is C19H16ClNO3. The third kappa shape index (κ3) is 2.69. The summed E-state index contributed by atoms with van der Waals surface area (Å²) in [6, 6.07) is 16.9. The molecule has 122 valence electrons. The topological polar surface area (TPSA) is 46.6 Å². The first-order valence-corrected chi connectivity index (χ1v) is 7.89. The van der Waals surface area contributed by atoms with Crippen LogP contribution in [0.15, 0.2) is 64.2 Å². The van der Waals surface area contributed by atoms with Gasteiger partial charge in [-0.1, -0.05) is 41.9 Å². The molecule has 0 amide bonds. The molecule has 0 aromatic heterocycles. The molecule has 3 aromatic carbocycles. The Kier molecular flexibility index (Phi) is 4.40. The van der Waals surface area contributed by atoms with E-state index in [2.05, 4.69) is 0 Å². The van der Waals surface area contributed by atoms with Gasteiger partial charge in [0.05, 0.1) is 13.2 Å². The summed E-state index contributed by atoms with van der Waals surface area (Å²) in [4.78, 5) is 25.5. The molecular weight excluding hydrogens is 326 g/mol. The normalized spacial score (nSPS) is 12.1. The van der Waals surface area contributed by atoms with Gasteiger partial charge in [-0.25, -0.2) is 0 Å². The Balaban J connectivity index is 2.10. The van der Waals surface area contributed by atoms with Crippen LogP contribution in [0, 0.1) is 0 Å². The van der Waals surface area contributed by atoms with E-state index in [0.29, 0.717) is 5.75 Å². The Morgan fingerprint density at radius 2 is 1.58 bits per heavy atom. The molecule has 0 aliphatic carbocycles. The van der Waals surface area contributed by atoms with E-state index in [1.165, 1.54) is 0 Å². The van der Waals surface area contributed by atoms with Crippen molar-refractivity contribution in [1.82, 2.24) is 0 Å². The molecule has 3 rings (SSSR count). The highest BCUT2D eigenvalue weighted by molar-refractivity contribution is 6.34. The van der Waals surface area contributed by atoms with Crippen molar-refractivity contribution in [1.29, 1.82) is 0 Å². The van der Waals surface area contributed by atoms with E-state index < -0.39 is 10.9 Å². The van der Waals surface area contributed by atoms with Crippen molar-refractivity contribution in [3.8, 4) is 5.75 Å². The summed E-state index contributed by atoms with van der Waals surface area (Å²) in [5, 5.41) is -0.0152. The number of hydrogen-bond donors (Lipinski definition) is 0. The van der Waals surface area contributed by atoms with Gasteiger partial charge in [0, 0.05) is 5.69 Å². The lowest BCUT2D eigenvalue weighted by atomic mass is 10.0. The Bertz CT molecular complexity index is 912. The fourth-order valence-corrected chi connectivity index (χ4v) is 3.00. The minimum Gasteiger partial charge on any atom is -0.497 e. The van der Waals surface area contributed by atoms with Gasteiger partial charge in [-0.15, -0.1) is 0 Å². The number of nitrogens with zero attached hydrogens (tertiary/aromatic N) is 1. The first kappa shape index (κ1) is 16.3. The summed E-state index contributed by atoms with van der Waals surface area (Å²) in [5.41, 5.74) is 0.825. The molecule has 1 atom stereocenters. The molecule has 0 saturated carbocycles. The van der Waals surface area contributed by atoms with Crippen molar-refractivity contribution in [2.75, 3.05) is 12.0 Å². The molecule has 3 aromatic rings. The molecule has 0 N–H and O–H groups in total. The molecule has 0 radical (unpaired) electrons.